The first-order valence-corrected chi connectivity index (χ1v) is 14.3. The number of sulfonamides is 1. The van der Waals surface area contributed by atoms with Crippen LogP contribution in [0.3, 0.4) is 0 Å². The van der Waals surface area contributed by atoms with Gasteiger partial charge in [0.2, 0.25) is 10.0 Å². The summed E-state index contributed by atoms with van der Waals surface area (Å²) < 4.78 is 34.6. The topological polar surface area (TPSA) is 106 Å². The molecule has 3 N–H and O–H groups in total. The molecule has 3 aliphatic heterocycles. The molecule has 0 aromatic carbocycles. The Balaban J connectivity index is 1.32. The lowest BCUT2D eigenvalue weighted by molar-refractivity contribution is 0.0337. The minimum Gasteiger partial charge on any atom is -0.379 e. The third-order valence-electron chi connectivity index (χ3n) is 7.54. The predicted octanol–water partition coefficient (Wildman–Crippen LogP) is 0.288. The molecule has 182 valence electrons. The molecule has 0 radical (unpaired) electrons. The van der Waals surface area contributed by atoms with Gasteiger partial charge in [0.25, 0.3) is 0 Å². The lowest BCUT2D eigenvalue weighted by Gasteiger charge is -2.38. The van der Waals surface area contributed by atoms with E-state index >= 15 is 0 Å². The van der Waals surface area contributed by atoms with Crippen molar-refractivity contribution in [2.45, 2.75) is 79.7 Å². The highest BCUT2D eigenvalue weighted by Gasteiger charge is 2.54. The van der Waals surface area contributed by atoms with Crippen molar-refractivity contribution in [3.8, 4) is 0 Å². The van der Waals surface area contributed by atoms with Crippen LogP contribution in [-0.4, -0.2) is 102 Å². The van der Waals surface area contributed by atoms with Crippen molar-refractivity contribution in [2.24, 2.45) is 0 Å². The predicted molar refractivity (Wildman–Crippen MR) is 123 cm³/mol. The molecule has 0 spiro atoms. The minimum absolute atomic E-state index is 0.0225. The average Bonchev–Trinajstić information content (AvgIpc) is 3.20. The highest BCUT2D eigenvalue weighted by Crippen LogP contribution is 2.41. The summed E-state index contributed by atoms with van der Waals surface area (Å²) in [5.41, 5.74) is 5.97. The first kappa shape index (κ1) is 23.1. The Morgan fingerprint density at radius 1 is 1.16 bits per heavy atom. The number of rotatable bonds is 7. The third-order valence-corrected chi connectivity index (χ3v) is 10.8. The summed E-state index contributed by atoms with van der Waals surface area (Å²) in [6, 6.07) is -0.0225. The maximum Gasteiger partial charge on any atom is 0.322 e. The summed E-state index contributed by atoms with van der Waals surface area (Å²) in [4.78, 5) is 19.9. The van der Waals surface area contributed by atoms with E-state index in [-0.39, 0.29) is 34.5 Å². The average molecular weight is 489 g/mol. The molecule has 5 rings (SSSR count). The van der Waals surface area contributed by atoms with Crippen molar-refractivity contribution in [3.05, 3.63) is 0 Å². The van der Waals surface area contributed by atoms with Gasteiger partial charge in [-0.1, -0.05) is 0 Å². The standard InChI is InChI=1S/C20H36N6O4S2/c1-14-21-22-18(31-14)26-17-13-15(32(28,29)23-20(2)5-6-20)3-4-16(17)25(19(26)27)8-7-24-9-11-30-12-10-24/h14-18,21-23H,3-13H2,1-2H3. The van der Waals surface area contributed by atoms with E-state index < -0.39 is 15.3 Å². The van der Waals surface area contributed by atoms with E-state index in [0.29, 0.717) is 19.4 Å². The molecule has 0 bridgehead atoms. The molecule has 3 heterocycles. The van der Waals surface area contributed by atoms with Crippen molar-refractivity contribution < 1.29 is 17.9 Å². The molecule has 5 unspecified atom stereocenters. The van der Waals surface area contributed by atoms with Crippen LogP contribution in [0.2, 0.25) is 0 Å². The number of hydrogen-bond donors (Lipinski definition) is 3. The van der Waals surface area contributed by atoms with Gasteiger partial charge in [-0.05, 0) is 46.0 Å². The largest absolute Gasteiger partial charge is 0.379 e. The molecule has 5 fully saturated rings. The number of amides is 2. The Hall–Kier alpha value is -0.630. The van der Waals surface area contributed by atoms with E-state index in [0.717, 1.165) is 52.1 Å². The number of hydrazine groups is 1. The molecule has 0 aromatic rings. The number of nitrogens with one attached hydrogen (secondary N) is 3. The smallest absolute Gasteiger partial charge is 0.322 e. The third kappa shape index (κ3) is 4.64. The highest BCUT2D eigenvalue weighted by atomic mass is 32.2. The number of urea groups is 1. The summed E-state index contributed by atoms with van der Waals surface area (Å²) in [5, 5.41) is -0.263. The van der Waals surface area contributed by atoms with Crippen molar-refractivity contribution in [1.82, 2.24) is 30.3 Å². The fourth-order valence-corrected chi connectivity index (χ4v) is 8.37. The number of ether oxygens (including phenoxy) is 1. The Morgan fingerprint density at radius 2 is 1.91 bits per heavy atom. The molecule has 10 nitrogen and oxygen atoms in total. The molecule has 5 aliphatic rings. The van der Waals surface area contributed by atoms with Gasteiger partial charge in [-0.2, -0.15) is 0 Å². The van der Waals surface area contributed by atoms with E-state index in [1.807, 2.05) is 16.7 Å². The zero-order chi connectivity index (χ0) is 22.5. The summed E-state index contributed by atoms with van der Waals surface area (Å²) in [5.74, 6) is 0. The minimum atomic E-state index is -3.41. The van der Waals surface area contributed by atoms with Crippen molar-refractivity contribution >= 4 is 27.8 Å². The van der Waals surface area contributed by atoms with Gasteiger partial charge in [-0.25, -0.2) is 28.8 Å². The van der Waals surface area contributed by atoms with E-state index in [1.165, 1.54) is 0 Å². The summed E-state index contributed by atoms with van der Waals surface area (Å²) in [6.07, 6.45) is 3.61. The van der Waals surface area contributed by atoms with Crippen LogP contribution in [0.1, 0.15) is 46.0 Å². The SMILES string of the molecule is CC1NNC(N2C(=O)N(CCN3CCOCC3)C3CCC(S(=O)(=O)NC4(C)CC4)CC32)S1. The van der Waals surface area contributed by atoms with Gasteiger partial charge in [0.05, 0.1) is 35.9 Å². The van der Waals surface area contributed by atoms with Crippen LogP contribution in [0.25, 0.3) is 0 Å². The van der Waals surface area contributed by atoms with Crippen LogP contribution >= 0.6 is 11.8 Å². The van der Waals surface area contributed by atoms with Gasteiger partial charge >= 0.3 is 6.03 Å². The molecule has 2 aliphatic carbocycles. The van der Waals surface area contributed by atoms with E-state index in [2.05, 4.69) is 27.4 Å². The second-order valence-electron chi connectivity index (χ2n) is 10.0. The molecule has 3 saturated heterocycles. The van der Waals surface area contributed by atoms with Crippen LogP contribution < -0.4 is 15.6 Å². The number of carbonyl (C=O) groups is 1. The van der Waals surface area contributed by atoms with Gasteiger partial charge in [0, 0.05) is 31.7 Å². The molecule has 2 amide bonds. The van der Waals surface area contributed by atoms with Crippen LogP contribution in [-0.2, 0) is 14.8 Å². The van der Waals surface area contributed by atoms with Gasteiger partial charge in [-0.3, -0.25) is 9.80 Å². The van der Waals surface area contributed by atoms with E-state index in [9.17, 15) is 13.2 Å². The Morgan fingerprint density at radius 3 is 2.56 bits per heavy atom. The van der Waals surface area contributed by atoms with Crippen molar-refractivity contribution in [3.63, 3.8) is 0 Å². The van der Waals surface area contributed by atoms with Crippen LogP contribution in [0.5, 0.6) is 0 Å². The van der Waals surface area contributed by atoms with Gasteiger partial charge in [-0.15, -0.1) is 11.8 Å². The summed E-state index contributed by atoms with van der Waals surface area (Å²) in [6.45, 7) is 8.80. The fourth-order valence-electron chi connectivity index (χ4n) is 5.38. The lowest BCUT2D eigenvalue weighted by Crippen LogP contribution is -2.53. The molecular formula is C20H36N6O4S2. The zero-order valence-electron chi connectivity index (χ0n) is 19.0. The maximum absolute atomic E-state index is 13.6. The monoisotopic (exact) mass is 488 g/mol. The van der Waals surface area contributed by atoms with E-state index in [4.69, 9.17) is 4.74 Å². The molecule has 12 heteroatoms. The second-order valence-corrected chi connectivity index (χ2v) is 13.4. The number of nitrogens with zero attached hydrogens (tertiary/aromatic N) is 3. The molecule has 2 saturated carbocycles. The first-order chi connectivity index (χ1) is 15.3. The van der Waals surface area contributed by atoms with Gasteiger partial charge in [0.15, 0.2) is 0 Å². The molecule has 5 atom stereocenters. The molecule has 0 aromatic heterocycles. The Kier molecular flexibility index (Phi) is 6.40. The lowest BCUT2D eigenvalue weighted by atomic mass is 9.90. The molecule has 32 heavy (non-hydrogen) atoms. The van der Waals surface area contributed by atoms with Gasteiger partial charge in [0.1, 0.15) is 5.50 Å². The Bertz CT molecular complexity index is 819. The summed E-state index contributed by atoms with van der Waals surface area (Å²) in [7, 11) is -3.41. The number of fused-ring (bicyclic) bond motifs is 1. The van der Waals surface area contributed by atoms with Crippen LogP contribution in [0.4, 0.5) is 4.79 Å². The number of carbonyl (C=O) groups excluding carboxylic acids is 1. The van der Waals surface area contributed by atoms with Crippen LogP contribution in [0.15, 0.2) is 0 Å². The highest BCUT2D eigenvalue weighted by molar-refractivity contribution is 8.00. The van der Waals surface area contributed by atoms with Crippen molar-refractivity contribution in [1.29, 1.82) is 0 Å². The van der Waals surface area contributed by atoms with Crippen molar-refractivity contribution in [2.75, 3.05) is 39.4 Å². The molecular weight excluding hydrogens is 452 g/mol. The normalized spacial score (nSPS) is 37.7. The second kappa shape index (κ2) is 8.86. The van der Waals surface area contributed by atoms with Gasteiger partial charge < -0.3 is 9.64 Å². The number of morpholine rings is 1. The summed E-state index contributed by atoms with van der Waals surface area (Å²) >= 11 is 1.66. The number of hydrogen-bond acceptors (Lipinski definition) is 8. The quantitative estimate of drug-likeness (QED) is 0.470. The zero-order valence-corrected chi connectivity index (χ0v) is 20.6. The number of thioether (sulfide) groups is 1. The van der Waals surface area contributed by atoms with Crippen LogP contribution in [0, 0.1) is 0 Å². The first-order valence-electron chi connectivity index (χ1n) is 11.8. The Labute approximate surface area is 195 Å². The maximum atomic E-state index is 13.6. The fraction of sp³-hybridized carbons (Fsp3) is 0.950. The van der Waals surface area contributed by atoms with E-state index in [1.54, 1.807) is 11.8 Å².